The molecule has 1 aromatic rings. The number of guanidine groups is 1. The Hall–Kier alpha value is -2.61. The van der Waals surface area contributed by atoms with Crippen LogP contribution in [0, 0.1) is 11.8 Å². The van der Waals surface area contributed by atoms with E-state index in [9.17, 15) is 9.59 Å². The SMILES string of the molecule is CC[C@]1(C)CC(=O)N(C(CCOC)[C@@H]2C[C@H]2C(=O)N[C@H]2CC(C)(C)Oc3ccccc32)C(N)=N1. The van der Waals surface area contributed by atoms with E-state index in [0.29, 0.717) is 25.9 Å². The number of nitrogens with zero attached hydrogens (tertiary/aromatic N) is 2. The van der Waals surface area contributed by atoms with Gasteiger partial charge in [-0.3, -0.25) is 14.5 Å². The van der Waals surface area contributed by atoms with E-state index in [2.05, 4.69) is 10.3 Å². The number of aliphatic imine (C=N–C) groups is 1. The molecule has 2 amide bonds. The molecule has 0 radical (unpaired) electrons. The molecule has 1 saturated carbocycles. The topological polar surface area (TPSA) is 106 Å². The molecule has 3 N–H and O–H groups in total. The van der Waals surface area contributed by atoms with Crippen molar-refractivity contribution in [2.45, 2.75) is 83.0 Å². The lowest BCUT2D eigenvalue weighted by Gasteiger charge is -2.39. The first-order chi connectivity index (χ1) is 16.1. The Kier molecular flexibility index (Phi) is 6.64. The van der Waals surface area contributed by atoms with E-state index in [1.807, 2.05) is 52.0 Å². The van der Waals surface area contributed by atoms with Crippen molar-refractivity contribution in [3.8, 4) is 5.75 Å². The van der Waals surface area contributed by atoms with Gasteiger partial charge in [0.05, 0.1) is 18.0 Å². The summed E-state index contributed by atoms with van der Waals surface area (Å²) in [4.78, 5) is 32.7. The van der Waals surface area contributed by atoms with Crippen molar-refractivity contribution in [2.75, 3.05) is 13.7 Å². The van der Waals surface area contributed by atoms with Gasteiger partial charge in [-0.05, 0) is 52.0 Å². The lowest BCUT2D eigenvalue weighted by molar-refractivity contribution is -0.132. The molecule has 34 heavy (non-hydrogen) atoms. The van der Waals surface area contributed by atoms with Crippen LogP contribution in [0.3, 0.4) is 0 Å². The summed E-state index contributed by atoms with van der Waals surface area (Å²) in [6, 6.07) is 7.56. The number of nitrogens with two attached hydrogens (primary N) is 1. The number of para-hydroxylation sites is 1. The Morgan fingerprint density at radius 2 is 2.09 bits per heavy atom. The summed E-state index contributed by atoms with van der Waals surface area (Å²) in [6.07, 6.45) is 3.10. The molecule has 8 nitrogen and oxygen atoms in total. The Balaban J connectivity index is 1.49. The summed E-state index contributed by atoms with van der Waals surface area (Å²) in [5.74, 6) is 0.929. The van der Waals surface area contributed by atoms with Crippen LogP contribution in [0.4, 0.5) is 0 Å². The molecule has 2 heterocycles. The lowest BCUT2D eigenvalue weighted by atomic mass is 9.89. The molecule has 1 aromatic carbocycles. The summed E-state index contributed by atoms with van der Waals surface area (Å²) in [6.45, 7) is 8.53. The molecule has 0 saturated heterocycles. The molecule has 1 fully saturated rings. The number of hydrogen-bond acceptors (Lipinski definition) is 6. The van der Waals surface area contributed by atoms with Crippen LogP contribution in [0.25, 0.3) is 0 Å². The van der Waals surface area contributed by atoms with Crippen LogP contribution in [0.15, 0.2) is 29.3 Å². The highest BCUT2D eigenvalue weighted by atomic mass is 16.5. The van der Waals surface area contributed by atoms with Gasteiger partial charge in [0.25, 0.3) is 0 Å². The van der Waals surface area contributed by atoms with Crippen molar-refractivity contribution in [3.63, 3.8) is 0 Å². The van der Waals surface area contributed by atoms with E-state index < -0.39 is 5.54 Å². The number of methoxy groups -OCH3 is 1. The maximum atomic E-state index is 13.3. The van der Waals surface area contributed by atoms with E-state index >= 15 is 0 Å². The van der Waals surface area contributed by atoms with Crippen molar-refractivity contribution >= 4 is 17.8 Å². The summed E-state index contributed by atoms with van der Waals surface area (Å²) >= 11 is 0. The van der Waals surface area contributed by atoms with Gasteiger partial charge >= 0.3 is 0 Å². The molecule has 0 aromatic heterocycles. The Morgan fingerprint density at radius 3 is 2.76 bits per heavy atom. The summed E-state index contributed by atoms with van der Waals surface area (Å²) < 4.78 is 11.4. The number of nitrogens with one attached hydrogen (secondary N) is 1. The van der Waals surface area contributed by atoms with Gasteiger partial charge in [-0.2, -0.15) is 0 Å². The van der Waals surface area contributed by atoms with Gasteiger partial charge in [-0.15, -0.1) is 0 Å². The number of ether oxygens (including phenoxy) is 2. The molecule has 2 aliphatic heterocycles. The number of hydrogen-bond donors (Lipinski definition) is 2. The summed E-state index contributed by atoms with van der Waals surface area (Å²) in [5.41, 5.74) is 6.48. The highest BCUT2D eigenvalue weighted by Gasteiger charge is 2.52. The van der Waals surface area contributed by atoms with Crippen LogP contribution < -0.4 is 15.8 Å². The first kappa shape index (κ1) is 24.5. The number of fused-ring (bicyclic) bond motifs is 1. The third kappa shape index (κ3) is 4.92. The number of amides is 2. The van der Waals surface area contributed by atoms with Crippen LogP contribution in [-0.2, 0) is 14.3 Å². The predicted octanol–water partition coefficient (Wildman–Crippen LogP) is 3.16. The van der Waals surface area contributed by atoms with Crippen LogP contribution in [0.5, 0.6) is 5.75 Å². The first-order valence-corrected chi connectivity index (χ1v) is 12.3. The Labute approximate surface area is 202 Å². The molecule has 0 bridgehead atoms. The lowest BCUT2D eigenvalue weighted by Crippen LogP contribution is -2.56. The minimum Gasteiger partial charge on any atom is -0.487 e. The molecule has 1 aliphatic carbocycles. The van der Waals surface area contributed by atoms with Crippen molar-refractivity contribution < 1.29 is 19.1 Å². The second kappa shape index (κ2) is 9.21. The maximum absolute atomic E-state index is 13.3. The summed E-state index contributed by atoms with van der Waals surface area (Å²) in [7, 11) is 1.64. The van der Waals surface area contributed by atoms with Gasteiger partial charge in [-0.1, -0.05) is 25.1 Å². The van der Waals surface area contributed by atoms with E-state index in [0.717, 1.165) is 24.2 Å². The fourth-order valence-corrected chi connectivity index (χ4v) is 5.39. The molecule has 5 atom stereocenters. The van der Waals surface area contributed by atoms with Gasteiger partial charge in [0.15, 0.2) is 5.96 Å². The third-order valence-corrected chi connectivity index (χ3v) is 7.51. The number of rotatable bonds is 8. The molecule has 1 unspecified atom stereocenters. The first-order valence-electron chi connectivity index (χ1n) is 12.3. The zero-order chi connectivity index (χ0) is 24.7. The number of benzene rings is 1. The molecule has 8 heteroatoms. The molecule has 186 valence electrons. The standard InChI is InChI=1S/C26H38N4O4/c1-6-26(4)15-22(31)30(24(27)29-26)20(11-12-33-5)17-13-18(17)23(32)28-19-14-25(2,3)34-21-10-8-7-9-16(19)21/h7-10,17-20H,6,11-15H2,1-5H3,(H2,27,29)(H,28,32)/t17-,18-,19+,20?,26-/m1/s1. The monoisotopic (exact) mass is 470 g/mol. The van der Waals surface area contributed by atoms with Crippen LogP contribution in [0.2, 0.25) is 0 Å². The molecule has 3 aliphatic rings. The molecular weight excluding hydrogens is 432 g/mol. The van der Waals surface area contributed by atoms with Crippen molar-refractivity contribution in [1.29, 1.82) is 0 Å². The van der Waals surface area contributed by atoms with Crippen LogP contribution >= 0.6 is 0 Å². The van der Waals surface area contributed by atoms with Crippen LogP contribution in [-0.4, -0.2) is 53.6 Å². The Morgan fingerprint density at radius 1 is 1.35 bits per heavy atom. The van der Waals surface area contributed by atoms with Crippen molar-refractivity contribution in [3.05, 3.63) is 29.8 Å². The highest BCUT2D eigenvalue weighted by molar-refractivity contribution is 5.99. The third-order valence-electron chi connectivity index (χ3n) is 7.51. The molecular formula is C26H38N4O4. The highest BCUT2D eigenvalue weighted by Crippen LogP contribution is 2.47. The zero-order valence-corrected chi connectivity index (χ0v) is 21.0. The second-order valence-corrected chi connectivity index (χ2v) is 10.8. The Bertz CT molecular complexity index is 977. The maximum Gasteiger partial charge on any atom is 0.231 e. The normalized spacial score (nSPS) is 30.6. The van der Waals surface area contributed by atoms with Gasteiger partial charge in [-0.25, -0.2) is 4.99 Å². The fourth-order valence-electron chi connectivity index (χ4n) is 5.39. The van der Waals surface area contributed by atoms with E-state index in [4.69, 9.17) is 15.2 Å². The number of carbonyl (C=O) groups is 2. The van der Waals surface area contributed by atoms with Crippen molar-refractivity contribution in [1.82, 2.24) is 10.2 Å². The fraction of sp³-hybridized carbons (Fsp3) is 0.654. The average Bonchev–Trinajstić information content (AvgIpc) is 3.55. The van der Waals surface area contributed by atoms with Gasteiger partial charge in [0.1, 0.15) is 11.4 Å². The minimum atomic E-state index is -0.465. The predicted molar refractivity (Wildman–Crippen MR) is 130 cm³/mol. The van der Waals surface area contributed by atoms with Crippen molar-refractivity contribution in [2.24, 2.45) is 22.6 Å². The van der Waals surface area contributed by atoms with Gasteiger partial charge < -0.3 is 20.5 Å². The summed E-state index contributed by atoms with van der Waals surface area (Å²) in [5, 5.41) is 3.27. The van der Waals surface area contributed by atoms with E-state index in [-0.39, 0.29) is 47.3 Å². The quantitative estimate of drug-likeness (QED) is 0.607. The zero-order valence-electron chi connectivity index (χ0n) is 21.0. The second-order valence-electron chi connectivity index (χ2n) is 10.8. The van der Waals surface area contributed by atoms with E-state index in [1.165, 1.54) is 0 Å². The van der Waals surface area contributed by atoms with Gasteiger partial charge in [0, 0.05) is 37.7 Å². The number of carbonyl (C=O) groups excluding carboxylic acids is 2. The smallest absolute Gasteiger partial charge is 0.231 e. The van der Waals surface area contributed by atoms with Gasteiger partial charge in [0.2, 0.25) is 11.8 Å². The average molecular weight is 471 g/mol. The largest absolute Gasteiger partial charge is 0.487 e. The molecule has 0 spiro atoms. The van der Waals surface area contributed by atoms with E-state index in [1.54, 1.807) is 12.0 Å². The molecule has 4 rings (SSSR count). The minimum absolute atomic E-state index is 0.0169. The van der Waals surface area contributed by atoms with Crippen LogP contribution in [0.1, 0.15) is 71.4 Å².